The van der Waals surface area contributed by atoms with Gasteiger partial charge in [-0.3, -0.25) is 9.59 Å². The number of carbonyl (C=O) groups is 2. The Balaban J connectivity index is 1.58. The second-order valence-corrected chi connectivity index (χ2v) is 8.92. The molecule has 3 rings (SSSR count). The number of halogens is 1. The zero-order valence-electron chi connectivity index (χ0n) is 15.7. The van der Waals surface area contributed by atoms with Gasteiger partial charge >= 0.3 is 0 Å². The number of sulfonamides is 1. The molecule has 2 aromatic carbocycles. The van der Waals surface area contributed by atoms with Crippen molar-refractivity contribution in [2.75, 3.05) is 18.4 Å². The molecule has 0 aliphatic carbocycles. The van der Waals surface area contributed by atoms with Gasteiger partial charge in [0.25, 0.3) is 0 Å². The van der Waals surface area contributed by atoms with E-state index in [-0.39, 0.29) is 36.0 Å². The van der Waals surface area contributed by atoms with Crippen LogP contribution in [-0.4, -0.2) is 37.6 Å². The monoisotopic (exact) mass is 419 g/mol. The molecule has 1 fully saturated rings. The SMILES string of the molecule is NC(=O)c1cccc(NC(=O)C2CCN(S(=O)(=O)Cc3ccccc3F)CC2)c1. The van der Waals surface area contributed by atoms with Crippen molar-refractivity contribution in [2.24, 2.45) is 11.7 Å². The van der Waals surface area contributed by atoms with E-state index in [9.17, 15) is 22.4 Å². The van der Waals surface area contributed by atoms with E-state index < -0.39 is 27.5 Å². The van der Waals surface area contributed by atoms with E-state index in [2.05, 4.69) is 5.32 Å². The molecule has 1 aliphatic rings. The third-order valence-electron chi connectivity index (χ3n) is 4.93. The summed E-state index contributed by atoms with van der Waals surface area (Å²) in [6.45, 7) is 0.381. The maximum Gasteiger partial charge on any atom is 0.248 e. The van der Waals surface area contributed by atoms with Crippen molar-refractivity contribution in [3.8, 4) is 0 Å². The fraction of sp³-hybridized carbons (Fsp3) is 0.300. The van der Waals surface area contributed by atoms with E-state index in [1.54, 1.807) is 24.3 Å². The Morgan fingerprint density at radius 2 is 1.79 bits per heavy atom. The zero-order chi connectivity index (χ0) is 21.0. The van der Waals surface area contributed by atoms with Gasteiger partial charge in [0.1, 0.15) is 5.82 Å². The van der Waals surface area contributed by atoms with Crippen molar-refractivity contribution in [1.29, 1.82) is 0 Å². The van der Waals surface area contributed by atoms with Crippen LogP contribution in [0.1, 0.15) is 28.8 Å². The lowest BCUT2D eigenvalue weighted by Crippen LogP contribution is -2.42. The average Bonchev–Trinajstić information content (AvgIpc) is 2.70. The molecule has 0 saturated carbocycles. The van der Waals surface area contributed by atoms with E-state index >= 15 is 0 Å². The molecule has 3 N–H and O–H groups in total. The number of hydrogen-bond donors (Lipinski definition) is 2. The topological polar surface area (TPSA) is 110 Å². The molecule has 0 radical (unpaired) electrons. The van der Waals surface area contributed by atoms with Crippen LogP contribution in [0.3, 0.4) is 0 Å². The predicted molar refractivity (Wildman–Crippen MR) is 107 cm³/mol. The first-order chi connectivity index (χ1) is 13.8. The Labute approximate surface area is 168 Å². The summed E-state index contributed by atoms with van der Waals surface area (Å²) >= 11 is 0. The van der Waals surface area contributed by atoms with Crippen molar-refractivity contribution in [1.82, 2.24) is 4.31 Å². The molecule has 154 valence electrons. The largest absolute Gasteiger partial charge is 0.366 e. The number of rotatable bonds is 6. The Hall–Kier alpha value is -2.78. The standard InChI is InChI=1S/C20H22FN3O4S/c21-18-7-2-1-4-16(18)13-29(27,28)24-10-8-14(9-11-24)20(26)23-17-6-3-5-15(12-17)19(22)25/h1-7,12,14H,8-11,13H2,(H2,22,25)(H,23,26). The van der Waals surface area contributed by atoms with Crippen LogP contribution in [0.4, 0.5) is 10.1 Å². The third-order valence-corrected chi connectivity index (χ3v) is 6.76. The van der Waals surface area contributed by atoms with E-state index in [4.69, 9.17) is 5.73 Å². The highest BCUT2D eigenvalue weighted by molar-refractivity contribution is 7.88. The number of nitrogens with zero attached hydrogens (tertiary/aromatic N) is 1. The van der Waals surface area contributed by atoms with Gasteiger partial charge in [0.05, 0.1) is 5.75 Å². The lowest BCUT2D eigenvalue weighted by atomic mass is 9.97. The predicted octanol–water partition coefficient (Wildman–Crippen LogP) is 2.11. The highest BCUT2D eigenvalue weighted by Crippen LogP contribution is 2.24. The maximum absolute atomic E-state index is 13.8. The third kappa shape index (κ3) is 5.18. The van der Waals surface area contributed by atoms with Gasteiger partial charge in [-0.15, -0.1) is 0 Å². The molecular weight excluding hydrogens is 397 g/mol. The first-order valence-corrected chi connectivity index (χ1v) is 10.8. The fourth-order valence-corrected chi connectivity index (χ4v) is 4.87. The molecule has 2 amide bonds. The van der Waals surface area contributed by atoms with Gasteiger partial charge in [-0.1, -0.05) is 24.3 Å². The highest BCUT2D eigenvalue weighted by Gasteiger charge is 2.31. The molecular formula is C20H22FN3O4S. The molecule has 9 heteroatoms. The van der Waals surface area contributed by atoms with Crippen LogP contribution in [0.2, 0.25) is 0 Å². The molecule has 1 saturated heterocycles. The number of nitrogens with two attached hydrogens (primary N) is 1. The maximum atomic E-state index is 13.8. The molecule has 29 heavy (non-hydrogen) atoms. The number of piperidine rings is 1. The van der Waals surface area contributed by atoms with Crippen LogP contribution < -0.4 is 11.1 Å². The van der Waals surface area contributed by atoms with E-state index in [0.717, 1.165) is 0 Å². The summed E-state index contributed by atoms with van der Waals surface area (Å²) in [5.74, 6) is -2.14. The number of anilines is 1. The number of hydrogen-bond acceptors (Lipinski definition) is 4. The summed E-state index contributed by atoms with van der Waals surface area (Å²) in [6.07, 6.45) is 0.718. The van der Waals surface area contributed by atoms with Gasteiger partial charge in [-0.2, -0.15) is 0 Å². The minimum Gasteiger partial charge on any atom is -0.366 e. The Morgan fingerprint density at radius 1 is 1.10 bits per heavy atom. The number of benzene rings is 2. The average molecular weight is 419 g/mol. The molecule has 7 nitrogen and oxygen atoms in total. The Kier molecular flexibility index (Phi) is 6.29. The second kappa shape index (κ2) is 8.71. The van der Waals surface area contributed by atoms with E-state index in [1.807, 2.05) is 0 Å². The lowest BCUT2D eigenvalue weighted by Gasteiger charge is -2.30. The molecule has 0 aromatic heterocycles. The van der Waals surface area contributed by atoms with Gasteiger partial charge in [-0.25, -0.2) is 17.1 Å². The number of primary amides is 1. The van der Waals surface area contributed by atoms with Crippen LogP contribution >= 0.6 is 0 Å². The van der Waals surface area contributed by atoms with Crippen LogP contribution in [0.15, 0.2) is 48.5 Å². The normalized spacial score (nSPS) is 15.8. The summed E-state index contributed by atoms with van der Waals surface area (Å²) < 4.78 is 40.3. The quantitative estimate of drug-likeness (QED) is 0.747. The van der Waals surface area contributed by atoms with Crippen molar-refractivity contribution in [3.63, 3.8) is 0 Å². The summed E-state index contributed by atoms with van der Waals surface area (Å²) in [6, 6.07) is 12.1. The van der Waals surface area contributed by atoms with Crippen molar-refractivity contribution >= 4 is 27.5 Å². The number of nitrogens with one attached hydrogen (secondary N) is 1. The van der Waals surface area contributed by atoms with Crippen LogP contribution in [-0.2, 0) is 20.6 Å². The van der Waals surface area contributed by atoms with Crippen LogP contribution in [0.25, 0.3) is 0 Å². The van der Waals surface area contributed by atoms with Crippen molar-refractivity contribution in [3.05, 3.63) is 65.5 Å². The van der Waals surface area contributed by atoms with E-state index in [1.165, 1.54) is 28.6 Å². The highest BCUT2D eigenvalue weighted by atomic mass is 32.2. The molecule has 0 bridgehead atoms. The molecule has 1 heterocycles. The van der Waals surface area contributed by atoms with Crippen molar-refractivity contribution < 1.29 is 22.4 Å². The Bertz CT molecular complexity index is 1020. The summed E-state index contributed by atoms with van der Waals surface area (Å²) in [5, 5.41) is 2.74. The smallest absolute Gasteiger partial charge is 0.248 e. The summed E-state index contributed by atoms with van der Waals surface area (Å²) in [7, 11) is -3.67. The number of carbonyl (C=O) groups excluding carboxylic acids is 2. The van der Waals surface area contributed by atoms with Gasteiger partial charge < -0.3 is 11.1 Å². The molecule has 0 atom stereocenters. The van der Waals surface area contributed by atoms with Crippen molar-refractivity contribution in [2.45, 2.75) is 18.6 Å². The second-order valence-electron chi connectivity index (χ2n) is 6.96. The lowest BCUT2D eigenvalue weighted by molar-refractivity contribution is -0.120. The number of amides is 2. The fourth-order valence-electron chi connectivity index (χ4n) is 3.29. The van der Waals surface area contributed by atoms with Gasteiger partial charge in [-0.05, 0) is 37.1 Å². The molecule has 0 spiro atoms. The van der Waals surface area contributed by atoms with Crippen LogP contribution in [0.5, 0.6) is 0 Å². The summed E-state index contributed by atoms with van der Waals surface area (Å²) in [5.41, 5.74) is 6.11. The molecule has 1 aliphatic heterocycles. The van der Waals surface area contributed by atoms with Gasteiger partial charge in [0.2, 0.25) is 21.8 Å². The minimum absolute atomic E-state index is 0.127. The van der Waals surface area contributed by atoms with Gasteiger partial charge in [0, 0.05) is 35.8 Å². The first-order valence-electron chi connectivity index (χ1n) is 9.18. The molecule has 2 aromatic rings. The Morgan fingerprint density at radius 3 is 2.45 bits per heavy atom. The van der Waals surface area contributed by atoms with Gasteiger partial charge in [0.15, 0.2) is 0 Å². The summed E-state index contributed by atoms with van der Waals surface area (Å²) in [4.78, 5) is 23.7. The minimum atomic E-state index is -3.67. The first kappa shape index (κ1) is 20.9. The zero-order valence-corrected chi connectivity index (χ0v) is 16.5. The molecule has 0 unspecified atom stereocenters. The van der Waals surface area contributed by atoms with E-state index in [0.29, 0.717) is 18.5 Å². The van der Waals surface area contributed by atoms with Crippen LogP contribution in [0, 0.1) is 11.7 Å².